The van der Waals surface area contributed by atoms with Crippen LogP contribution in [0.2, 0.25) is 0 Å². The number of thioether (sulfide) groups is 2. The largest absolute Gasteiger partial charge is 0.480 e. The monoisotopic (exact) mass is 1440 g/mol. The number of carbonyl (C=O) groups is 10. The molecule has 1 fully saturated rings. The minimum absolute atomic E-state index is 0.000336. The first kappa shape index (κ1) is 78.9. The maximum atomic E-state index is 13.6. The Bertz CT molecular complexity index is 3930. The van der Waals surface area contributed by atoms with Gasteiger partial charge in [0.1, 0.15) is 48.2 Å². The predicted octanol–water partition coefficient (Wildman–Crippen LogP) is 3.51. The van der Waals surface area contributed by atoms with Crippen molar-refractivity contribution in [2.45, 2.75) is 126 Å². The number of nitrogens with zero attached hydrogens (tertiary/aromatic N) is 2. The smallest absolute Gasteiger partial charge is 0.326 e. The Morgan fingerprint density at radius 3 is 1.42 bits per heavy atom. The molecule has 4 aromatic heterocycles. The van der Waals surface area contributed by atoms with Crippen molar-refractivity contribution in [1.82, 2.24) is 51.2 Å². The molecule has 0 bridgehead atoms. The van der Waals surface area contributed by atoms with E-state index in [9.17, 15) is 67.7 Å². The molecule has 2 aromatic carbocycles. The summed E-state index contributed by atoms with van der Waals surface area (Å²) in [6, 6.07) is 10.4. The van der Waals surface area contributed by atoms with Crippen LogP contribution >= 0.6 is 23.5 Å². The van der Waals surface area contributed by atoms with Gasteiger partial charge in [-0.25, -0.2) is 9.59 Å². The van der Waals surface area contributed by atoms with Crippen LogP contribution in [0.5, 0.6) is 0 Å². The topological polar surface area (TPSA) is 481 Å². The number of nitrogens with two attached hydrogens (primary N) is 2. The first-order chi connectivity index (χ1) is 48.5. The van der Waals surface area contributed by atoms with Gasteiger partial charge in [-0.1, -0.05) is 31.2 Å². The highest BCUT2D eigenvalue weighted by molar-refractivity contribution is 8.04. The summed E-state index contributed by atoms with van der Waals surface area (Å²) in [7, 11) is 0. The summed E-state index contributed by atoms with van der Waals surface area (Å²) in [5.41, 5.74) is 15.0. The van der Waals surface area contributed by atoms with Crippen LogP contribution in [0, 0.1) is 11.8 Å². The highest BCUT2D eigenvalue weighted by atomic mass is 32.2. The molecule has 4 heterocycles. The average molecular weight is 1440 g/mol. The number of anilines is 2. The second kappa shape index (κ2) is 40.7. The number of Topliss-reactive ketones (excluding diaryl/α,β-unsaturated/α-hetero) is 2. The molecule has 6 aromatic rings. The van der Waals surface area contributed by atoms with Crippen molar-refractivity contribution in [3.63, 3.8) is 0 Å². The summed E-state index contributed by atoms with van der Waals surface area (Å²) < 4.78 is 27.0. The van der Waals surface area contributed by atoms with Gasteiger partial charge >= 0.3 is 23.9 Å². The van der Waals surface area contributed by atoms with Gasteiger partial charge in [0, 0.05) is 96.6 Å². The summed E-state index contributed by atoms with van der Waals surface area (Å²) in [4.78, 5) is 170. The third kappa shape index (κ3) is 25.9. The maximum Gasteiger partial charge on any atom is 0.326 e. The van der Waals surface area contributed by atoms with Crippen molar-refractivity contribution in [2.75, 3.05) is 88.9 Å². The van der Waals surface area contributed by atoms with Crippen molar-refractivity contribution in [3.05, 3.63) is 115 Å². The number of aryl methyl sites for hydroxylation is 4. The number of ether oxygens (including phenoxy) is 5. The highest BCUT2D eigenvalue weighted by Gasteiger charge is 2.35. The zero-order valence-corrected chi connectivity index (χ0v) is 58.0. The third-order valence-electron chi connectivity index (χ3n) is 16.6. The van der Waals surface area contributed by atoms with Gasteiger partial charge in [-0.2, -0.15) is 33.5 Å². The Balaban J connectivity index is 0.732. The number of benzene rings is 2. The van der Waals surface area contributed by atoms with Crippen LogP contribution in [0.4, 0.5) is 11.9 Å². The maximum absolute atomic E-state index is 13.6. The molecule has 546 valence electrons. The average Bonchev–Trinajstić information content (AvgIpc) is 1.70. The summed E-state index contributed by atoms with van der Waals surface area (Å²) in [6.07, 6.45) is 7.03. The van der Waals surface area contributed by atoms with Crippen LogP contribution in [-0.2, 0) is 87.7 Å². The van der Waals surface area contributed by atoms with E-state index >= 15 is 0 Å². The number of hydrogen-bond acceptors (Lipinski definition) is 23. The lowest BCUT2D eigenvalue weighted by molar-refractivity contribution is -0.147. The number of aromatic amines is 4. The van der Waals surface area contributed by atoms with Crippen molar-refractivity contribution >= 4 is 117 Å². The number of aromatic nitrogens is 6. The molecule has 101 heavy (non-hydrogen) atoms. The number of ketones is 2. The van der Waals surface area contributed by atoms with Crippen molar-refractivity contribution in [3.8, 4) is 0 Å². The molecule has 4 amide bonds. The Labute approximate surface area is 589 Å². The minimum Gasteiger partial charge on any atom is -0.480 e. The lowest BCUT2D eigenvalue weighted by atomic mass is 9.99. The number of esters is 2. The second-order valence-electron chi connectivity index (χ2n) is 24.1. The van der Waals surface area contributed by atoms with Crippen molar-refractivity contribution in [1.29, 1.82) is 0 Å². The summed E-state index contributed by atoms with van der Waals surface area (Å²) in [5, 5.41) is 31.4. The lowest BCUT2D eigenvalue weighted by Gasteiger charge is -2.37. The molecule has 31 nitrogen and oxygen atoms in total. The fraction of sp³-hybridized carbons (Fsp3) is 0.500. The molecule has 1 aliphatic carbocycles. The lowest BCUT2D eigenvalue weighted by Crippen LogP contribution is -2.41. The first-order valence-electron chi connectivity index (χ1n) is 33.4. The van der Waals surface area contributed by atoms with Gasteiger partial charge < -0.3 is 76.6 Å². The van der Waals surface area contributed by atoms with Crippen molar-refractivity contribution < 1.29 is 81.8 Å². The number of carboxylic acid groups (broad SMARTS) is 2. The van der Waals surface area contributed by atoms with Crippen LogP contribution in [-0.4, -0.2) is 199 Å². The highest BCUT2D eigenvalue weighted by Crippen LogP contribution is 2.42. The number of H-pyrrole nitrogens is 4. The van der Waals surface area contributed by atoms with Gasteiger partial charge in [-0.3, -0.25) is 57.9 Å². The number of fused-ring (bicyclic) bond motifs is 2. The molecule has 0 radical (unpaired) electrons. The molecule has 1 saturated carbocycles. The van der Waals surface area contributed by atoms with E-state index in [-0.39, 0.29) is 185 Å². The number of nitrogens with one attached hydrogen (secondary N) is 8. The quantitative estimate of drug-likeness (QED) is 0.0192. The Morgan fingerprint density at radius 1 is 0.564 bits per heavy atom. The molecule has 5 unspecified atom stereocenters. The number of hydrogen-bond donors (Lipinski definition) is 12. The molecular formula is C68H88N12O19S2. The summed E-state index contributed by atoms with van der Waals surface area (Å²) in [5.74, 6) is -6.09. The molecule has 0 aliphatic heterocycles. The molecule has 1 aliphatic rings. The van der Waals surface area contributed by atoms with Gasteiger partial charge in [0.2, 0.25) is 23.7 Å². The molecule has 0 saturated heterocycles. The molecule has 14 N–H and O–H groups in total. The second-order valence-corrected chi connectivity index (χ2v) is 26.6. The van der Waals surface area contributed by atoms with E-state index in [1.54, 1.807) is 84.4 Å². The number of rotatable bonds is 47. The van der Waals surface area contributed by atoms with Gasteiger partial charge in [-0.15, -0.1) is 0 Å². The molecule has 33 heteroatoms. The Kier molecular flexibility index (Phi) is 31.8. The number of carboxylic acids is 2. The van der Waals surface area contributed by atoms with E-state index < -0.39 is 53.7 Å². The van der Waals surface area contributed by atoms with Crippen LogP contribution in [0.15, 0.2) is 70.5 Å². The van der Waals surface area contributed by atoms with Gasteiger partial charge in [0.25, 0.3) is 22.9 Å². The zero-order valence-electron chi connectivity index (χ0n) is 56.3. The van der Waals surface area contributed by atoms with E-state index in [0.717, 1.165) is 35.1 Å². The molecule has 0 spiro atoms. The Hall–Kier alpha value is -9.44. The Morgan fingerprint density at radius 2 is 0.990 bits per heavy atom. The standard InChI is InChI=1S/C68H88N12O19S2/c1-3-42(59(85)71-24-28-96-30-32-98-53(83)20-16-49(65(91)92)75-61(87)43-10-4-40(5-11-43)8-14-45-35-73-57-55(45)63(89)79-67(69)77-57)37-100-51-18-19-52(51)101-38-47(34-48(82)23-27-95-26-22-39(2)81)60(86)72-25-29-97-31-33-99-54(84)21-17-50(66(93)94)76-62(88)44-12-6-41(7-13-44)9-15-46-36-74-58-56(46)64(90)80-68(70)78-58/h4-7,10-13,35-36,42,47,49-52H,3,8-9,14-34,37-38H2,1-2H3,(H,71,85)(H,72,86)(H,75,87)(H,76,88)(H,91,92)(H,93,94)(H4,69,73,77,79,89)(H4,70,74,78,80,90)/t42?,47?,49-,50?,51?,52?/m0/s1. The number of aliphatic carboxylic acids is 2. The zero-order chi connectivity index (χ0) is 72.8. The SMILES string of the molecule is CCC(CSC1CCC1SCC(CC(=O)CCOCCC(C)=O)C(=O)NCCOCCOC(=O)CCC(NC(=O)c1ccc(CCc2c[nH]c3nc(N)[nH]c(=O)c23)cc1)C(=O)O)C(=O)NCCOCCOC(=O)CC[C@H](NC(=O)c1ccc(CCc2c[nH]c3nc(N)[nH]c(=O)c23)cc1)C(=O)O. The van der Waals surface area contributed by atoms with Gasteiger partial charge in [0.15, 0.2) is 0 Å². The predicted molar refractivity (Wildman–Crippen MR) is 375 cm³/mol. The fourth-order valence-electron chi connectivity index (χ4n) is 10.7. The number of carbonyl (C=O) groups excluding carboxylic acids is 8. The molecular weight excluding hydrogens is 1350 g/mol. The van der Waals surface area contributed by atoms with E-state index in [1.807, 2.05) is 6.92 Å². The van der Waals surface area contributed by atoms with E-state index in [1.165, 1.54) is 6.92 Å². The number of amides is 4. The molecule has 7 rings (SSSR count). The van der Waals surface area contributed by atoms with Gasteiger partial charge in [0.05, 0.1) is 56.3 Å². The van der Waals surface area contributed by atoms with Crippen LogP contribution < -0.4 is 43.9 Å². The van der Waals surface area contributed by atoms with Gasteiger partial charge in [-0.05, 0) is 111 Å². The third-order valence-corrected chi connectivity index (χ3v) is 20.0. The normalized spacial score (nSPS) is 14.6. The summed E-state index contributed by atoms with van der Waals surface area (Å²) >= 11 is 3.29. The minimum atomic E-state index is -1.39. The van der Waals surface area contributed by atoms with E-state index in [4.69, 9.17) is 35.2 Å². The van der Waals surface area contributed by atoms with Crippen LogP contribution in [0.1, 0.15) is 121 Å². The molecule has 6 atom stereocenters. The van der Waals surface area contributed by atoms with Crippen LogP contribution in [0.3, 0.4) is 0 Å². The van der Waals surface area contributed by atoms with E-state index in [0.29, 0.717) is 65.7 Å². The number of nitrogen functional groups attached to an aromatic ring is 2. The summed E-state index contributed by atoms with van der Waals surface area (Å²) in [6.45, 7) is 3.87. The van der Waals surface area contributed by atoms with Crippen LogP contribution in [0.25, 0.3) is 22.1 Å². The van der Waals surface area contributed by atoms with E-state index in [2.05, 4.69) is 51.2 Å². The fourth-order valence-corrected chi connectivity index (χ4v) is 14.1. The first-order valence-corrected chi connectivity index (χ1v) is 35.5. The van der Waals surface area contributed by atoms with Crippen molar-refractivity contribution in [2.24, 2.45) is 11.8 Å².